The smallest absolute Gasteiger partial charge is 0.117 e. The first-order valence-corrected chi connectivity index (χ1v) is 6.25. The van der Waals surface area contributed by atoms with Crippen LogP contribution in [0.3, 0.4) is 0 Å². The molecule has 1 fully saturated rings. The molecule has 1 saturated heterocycles. The molecule has 0 bridgehead atoms. The molecule has 3 heteroatoms. The number of hydrogen-bond donors (Lipinski definition) is 1. The summed E-state index contributed by atoms with van der Waals surface area (Å²) in [5.74, 6) is 1.08. The Morgan fingerprint density at radius 3 is 2.75 bits per heavy atom. The van der Waals surface area contributed by atoms with E-state index < -0.39 is 0 Å². The van der Waals surface area contributed by atoms with Crippen LogP contribution in [0.5, 0.6) is 0 Å². The maximum Gasteiger partial charge on any atom is 0.117 e. The molecule has 0 saturated carbocycles. The molecule has 0 amide bonds. The number of rotatable bonds is 4. The van der Waals surface area contributed by atoms with Gasteiger partial charge < -0.3 is 9.73 Å². The molecule has 2 rings (SSSR count). The van der Waals surface area contributed by atoms with Crippen LogP contribution in [0.1, 0.15) is 32.4 Å². The van der Waals surface area contributed by atoms with Crippen molar-refractivity contribution in [3.05, 3.63) is 24.2 Å². The lowest BCUT2D eigenvalue weighted by molar-refractivity contribution is 0.175. The minimum absolute atomic E-state index is 0.599. The Kier molecular flexibility index (Phi) is 4.02. The van der Waals surface area contributed by atoms with Gasteiger partial charge >= 0.3 is 0 Å². The molecule has 0 aromatic carbocycles. The third kappa shape index (κ3) is 3.35. The van der Waals surface area contributed by atoms with E-state index >= 15 is 0 Å². The van der Waals surface area contributed by atoms with Crippen molar-refractivity contribution >= 4 is 0 Å². The highest BCUT2D eigenvalue weighted by molar-refractivity contribution is 4.98. The second kappa shape index (κ2) is 5.51. The normalized spacial score (nSPS) is 19.4. The second-order valence-electron chi connectivity index (χ2n) is 4.95. The Morgan fingerprint density at radius 2 is 2.19 bits per heavy atom. The molecular formula is C13H22N2O. The van der Waals surface area contributed by atoms with Crippen molar-refractivity contribution in [1.29, 1.82) is 0 Å². The van der Waals surface area contributed by atoms with Gasteiger partial charge in [0.1, 0.15) is 5.76 Å². The van der Waals surface area contributed by atoms with Gasteiger partial charge in [-0.15, -0.1) is 0 Å². The number of likely N-dealkylation sites (tertiary alicyclic amines) is 1. The molecule has 0 aliphatic carbocycles. The first-order chi connectivity index (χ1) is 7.74. The Morgan fingerprint density at radius 1 is 1.44 bits per heavy atom. The van der Waals surface area contributed by atoms with E-state index in [0.717, 1.165) is 12.3 Å². The van der Waals surface area contributed by atoms with Gasteiger partial charge in [0.15, 0.2) is 0 Å². The number of furan rings is 1. The third-order valence-corrected chi connectivity index (χ3v) is 3.12. The Bertz CT molecular complexity index is 287. The van der Waals surface area contributed by atoms with Gasteiger partial charge in [-0.25, -0.2) is 0 Å². The van der Waals surface area contributed by atoms with Gasteiger partial charge in [-0.3, -0.25) is 4.90 Å². The third-order valence-electron chi connectivity index (χ3n) is 3.12. The van der Waals surface area contributed by atoms with E-state index in [0.29, 0.717) is 12.1 Å². The summed E-state index contributed by atoms with van der Waals surface area (Å²) in [6.45, 7) is 7.74. The minimum atomic E-state index is 0.599. The minimum Gasteiger partial charge on any atom is -0.468 e. The van der Waals surface area contributed by atoms with Crippen molar-refractivity contribution in [2.24, 2.45) is 0 Å². The van der Waals surface area contributed by atoms with E-state index in [2.05, 4.69) is 30.1 Å². The van der Waals surface area contributed by atoms with Gasteiger partial charge in [-0.05, 0) is 25.0 Å². The monoisotopic (exact) mass is 222 g/mol. The van der Waals surface area contributed by atoms with Gasteiger partial charge in [0.25, 0.3) is 0 Å². The first-order valence-electron chi connectivity index (χ1n) is 6.25. The largest absolute Gasteiger partial charge is 0.468 e. The van der Waals surface area contributed by atoms with E-state index in [1.165, 1.54) is 25.9 Å². The van der Waals surface area contributed by atoms with Gasteiger partial charge in [-0.2, -0.15) is 0 Å². The predicted molar refractivity (Wildman–Crippen MR) is 65.3 cm³/mol. The molecule has 0 radical (unpaired) electrons. The Balaban J connectivity index is 1.73. The summed E-state index contributed by atoms with van der Waals surface area (Å²) in [6, 6.07) is 5.32. The summed E-state index contributed by atoms with van der Waals surface area (Å²) in [4.78, 5) is 2.47. The lowest BCUT2D eigenvalue weighted by Gasteiger charge is -2.32. The summed E-state index contributed by atoms with van der Waals surface area (Å²) < 4.78 is 5.37. The van der Waals surface area contributed by atoms with E-state index in [1.54, 1.807) is 6.26 Å². The summed E-state index contributed by atoms with van der Waals surface area (Å²) >= 11 is 0. The van der Waals surface area contributed by atoms with Gasteiger partial charge in [0.2, 0.25) is 0 Å². The van der Waals surface area contributed by atoms with Gasteiger partial charge in [-0.1, -0.05) is 13.8 Å². The molecular weight excluding hydrogens is 200 g/mol. The number of piperidine rings is 1. The SMILES string of the molecule is CC(C)NC1CCN(Cc2ccco2)CC1. The Hall–Kier alpha value is -0.800. The number of hydrogen-bond acceptors (Lipinski definition) is 3. The van der Waals surface area contributed by atoms with Gasteiger partial charge in [0.05, 0.1) is 12.8 Å². The highest BCUT2D eigenvalue weighted by atomic mass is 16.3. The van der Waals surface area contributed by atoms with Crippen LogP contribution in [-0.4, -0.2) is 30.1 Å². The van der Waals surface area contributed by atoms with Crippen molar-refractivity contribution in [3.8, 4) is 0 Å². The zero-order valence-corrected chi connectivity index (χ0v) is 10.3. The zero-order valence-electron chi connectivity index (χ0n) is 10.3. The van der Waals surface area contributed by atoms with Gasteiger partial charge in [0, 0.05) is 25.2 Å². The lowest BCUT2D eigenvalue weighted by Crippen LogP contribution is -2.44. The lowest BCUT2D eigenvalue weighted by atomic mass is 10.0. The van der Waals surface area contributed by atoms with Crippen LogP contribution in [0, 0.1) is 0 Å². The molecule has 0 atom stereocenters. The highest BCUT2D eigenvalue weighted by Gasteiger charge is 2.19. The maximum absolute atomic E-state index is 5.37. The summed E-state index contributed by atoms with van der Waals surface area (Å²) in [5.41, 5.74) is 0. The second-order valence-corrected chi connectivity index (χ2v) is 4.95. The average molecular weight is 222 g/mol. The van der Waals surface area contributed by atoms with E-state index in [4.69, 9.17) is 4.42 Å². The van der Waals surface area contributed by atoms with Crippen LogP contribution in [0.15, 0.2) is 22.8 Å². The molecule has 1 aliphatic rings. The molecule has 0 spiro atoms. The Labute approximate surface area is 97.8 Å². The molecule has 3 nitrogen and oxygen atoms in total. The fourth-order valence-electron chi connectivity index (χ4n) is 2.35. The van der Waals surface area contributed by atoms with Crippen LogP contribution in [-0.2, 0) is 6.54 Å². The molecule has 0 unspecified atom stereocenters. The van der Waals surface area contributed by atoms with E-state index in [1.807, 2.05) is 6.07 Å². The van der Waals surface area contributed by atoms with Crippen molar-refractivity contribution in [2.45, 2.75) is 45.3 Å². The van der Waals surface area contributed by atoms with Crippen molar-refractivity contribution in [2.75, 3.05) is 13.1 Å². The van der Waals surface area contributed by atoms with Crippen molar-refractivity contribution in [1.82, 2.24) is 10.2 Å². The number of nitrogens with zero attached hydrogens (tertiary/aromatic N) is 1. The van der Waals surface area contributed by atoms with Crippen molar-refractivity contribution in [3.63, 3.8) is 0 Å². The van der Waals surface area contributed by atoms with Crippen LogP contribution in [0.25, 0.3) is 0 Å². The first kappa shape index (κ1) is 11.7. The molecule has 16 heavy (non-hydrogen) atoms. The predicted octanol–water partition coefficient (Wildman–Crippen LogP) is 2.24. The molecule has 2 heterocycles. The van der Waals surface area contributed by atoms with Crippen molar-refractivity contribution < 1.29 is 4.42 Å². The molecule has 1 aromatic heterocycles. The fourth-order valence-corrected chi connectivity index (χ4v) is 2.35. The highest BCUT2D eigenvalue weighted by Crippen LogP contribution is 2.14. The fraction of sp³-hybridized carbons (Fsp3) is 0.692. The summed E-state index contributed by atoms with van der Waals surface area (Å²) in [6.07, 6.45) is 4.25. The molecule has 1 N–H and O–H groups in total. The van der Waals surface area contributed by atoms with E-state index in [9.17, 15) is 0 Å². The number of nitrogens with one attached hydrogen (secondary N) is 1. The zero-order chi connectivity index (χ0) is 11.4. The molecule has 1 aliphatic heterocycles. The molecule has 1 aromatic rings. The van der Waals surface area contributed by atoms with Crippen LogP contribution < -0.4 is 5.32 Å². The van der Waals surface area contributed by atoms with E-state index in [-0.39, 0.29) is 0 Å². The standard InChI is InChI=1S/C13H22N2O/c1-11(2)14-12-5-7-15(8-6-12)10-13-4-3-9-16-13/h3-4,9,11-12,14H,5-8,10H2,1-2H3. The average Bonchev–Trinajstić information content (AvgIpc) is 2.73. The maximum atomic E-state index is 5.37. The summed E-state index contributed by atoms with van der Waals surface area (Å²) in [5, 5.41) is 3.61. The molecule has 90 valence electrons. The van der Waals surface area contributed by atoms with Crippen LogP contribution >= 0.6 is 0 Å². The topological polar surface area (TPSA) is 28.4 Å². The van der Waals surface area contributed by atoms with Crippen LogP contribution in [0.4, 0.5) is 0 Å². The van der Waals surface area contributed by atoms with Crippen LogP contribution in [0.2, 0.25) is 0 Å². The summed E-state index contributed by atoms with van der Waals surface area (Å²) in [7, 11) is 0. The quantitative estimate of drug-likeness (QED) is 0.847.